The van der Waals surface area contributed by atoms with E-state index in [0.29, 0.717) is 6.61 Å². The predicted octanol–water partition coefficient (Wildman–Crippen LogP) is 0.377. The lowest BCUT2D eigenvalue weighted by Crippen LogP contribution is -2.15. The molecular weight excluding hydrogens is 254 g/mol. The molecule has 3 N–H and O–H groups in total. The largest absolute Gasteiger partial charge is 0.476 e. The van der Waals surface area contributed by atoms with Gasteiger partial charge in [-0.05, 0) is 6.42 Å². The molecule has 0 fully saturated rings. The van der Waals surface area contributed by atoms with E-state index in [1.54, 1.807) is 0 Å². The van der Waals surface area contributed by atoms with Gasteiger partial charge in [0.15, 0.2) is 11.4 Å². The maximum atomic E-state index is 11.4. The van der Waals surface area contributed by atoms with Crippen molar-refractivity contribution < 1.29 is 24.2 Å². The van der Waals surface area contributed by atoms with E-state index < -0.39 is 11.9 Å². The first-order valence-corrected chi connectivity index (χ1v) is 5.78. The van der Waals surface area contributed by atoms with Crippen molar-refractivity contribution >= 4 is 17.6 Å². The molecule has 1 heterocycles. The van der Waals surface area contributed by atoms with Gasteiger partial charge in [0, 0.05) is 6.61 Å². The van der Waals surface area contributed by atoms with Gasteiger partial charge in [0.05, 0.1) is 20.3 Å². The lowest BCUT2D eigenvalue weighted by atomic mass is 10.3. The highest BCUT2D eigenvalue weighted by Crippen LogP contribution is 2.18. The number of carbonyl (C=O) groups is 2. The van der Waals surface area contributed by atoms with E-state index in [1.165, 1.54) is 7.11 Å². The third-order valence-electron chi connectivity index (χ3n) is 2.37. The van der Waals surface area contributed by atoms with Crippen LogP contribution in [0.1, 0.15) is 34.3 Å². The number of nitrogens with two attached hydrogens (primary N) is 1. The van der Waals surface area contributed by atoms with Gasteiger partial charge >= 0.3 is 11.9 Å². The number of nitrogens with zero attached hydrogens (tertiary/aromatic N) is 2. The van der Waals surface area contributed by atoms with Crippen molar-refractivity contribution in [1.82, 2.24) is 9.78 Å². The summed E-state index contributed by atoms with van der Waals surface area (Å²) in [6.45, 7) is 3.02. The molecule has 8 heteroatoms. The van der Waals surface area contributed by atoms with Crippen LogP contribution in [-0.4, -0.2) is 47.1 Å². The molecule has 19 heavy (non-hydrogen) atoms. The molecule has 0 amide bonds. The molecule has 0 saturated carbocycles. The van der Waals surface area contributed by atoms with Crippen molar-refractivity contribution in [3.8, 4) is 0 Å². The minimum atomic E-state index is -1.25. The molecule has 0 radical (unpaired) electrons. The number of hydrogen-bond donors (Lipinski definition) is 2. The number of ether oxygens (including phenoxy) is 2. The fourth-order valence-corrected chi connectivity index (χ4v) is 1.51. The third kappa shape index (κ3) is 3.44. The van der Waals surface area contributed by atoms with E-state index in [1.807, 2.05) is 6.92 Å². The number of hydrogen-bond acceptors (Lipinski definition) is 6. The van der Waals surface area contributed by atoms with Crippen LogP contribution in [0, 0.1) is 0 Å². The van der Waals surface area contributed by atoms with Gasteiger partial charge < -0.3 is 20.3 Å². The summed E-state index contributed by atoms with van der Waals surface area (Å²) in [5, 5.41) is 12.9. The topological polar surface area (TPSA) is 117 Å². The summed E-state index contributed by atoms with van der Waals surface area (Å²) in [6, 6.07) is 0. The molecule has 1 aromatic rings. The number of nitrogen functional groups attached to an aromatic ring is 1. The summed E-state index contributed by atoms with van der Waals surface area (Å²) < 4.78 is 10.9. The minimum absolute atomic E-state index is 0.197. The molecule has 0 saturated heterocycles. The van der Waals surface area contributed by atoms with E-state index >= 15 is 0 Å². The number of anilines is 1. The number of carboxylic acids is 1. The van der Waals surface area contributed by atoms with Gasteiger partial charge in [0.2, 0.25) is 0 Å². The van der Waals surface area contributed by atoms with Gasteiger partial charge in [-0.1, -0.05) is 6.92 Å². The van der Waals surface area contributed by atoms with E-state index in [4.69, 9.17) is 15.6 Å². The number of carboxylic acid groups (broad SMARTS) is 1. The van der Waals surface area contributed by atoms with Gasteiger partial charge in [-0.3, -0.25) is 4.68 Å². The number of aromatic nitrogens is 2. The van der Waals surface area contributed by atoms with Gasteiger partial charge in [0.1, 0.15) is 5.69 Å². The average Bonchev–Trinajstić information content (AvgIpc) is 2.71. The molecule has 106 valence electrons. The number of esters is 1. The van der Waals surface area contributed by atoms with Crippen LogP contribution < -0.4 is 5.73 Å². The molecule has 0 aliphatic carbocycles. The number of methoxy groups -OCH3 is 1. The highest BCUT2D eigenvalue weighted by atomic mass is 16.5. The first kappa shape index (κ1) is 15.0. The Balaban J connectivity index is 2.95. The number of rotatable bonds is 7. The van der Waals surface area contributed by atoms with Crippen molar-refractivity contribution in [2.45, 2.75) is 19.9 Å². The molecule has 0 aromatic carbocycles. The summed E-state index contributed by atoms with van der Waals surface area (Å²) in [5.74, 6) is -2.02. The zero-order valence-corrected chi connectivity index (χ0v) is 10.9. The van der Waals surface area contributed by atoms with Crippen LogP contribution in [0.25, 0.3) is 0 Å². The van der Waals surface area contributed by atoms with Crippen LogP contribution >= 0.6 is 0 Å². The summed E-state index contributed by atoms with van der Waals surface area (Å²) in [7, 11) is 1.17. The molecule has 0 bridgehead atoms. The first-order valence-electron chi connectivity index (χ1n) is 5.78. The van der Waals surface area contributed by atoms with Crippen LogP contribution in [0.2, 0.25) is 0 Å². The van der Waals surface area contributed by atoms with E-state index in [2.05, 4.69) is 9.84 Å². The van der Waals surface area contributed by atoms with E-state index in [9.17, 15) is 9.59 Å². The Hall–Kier alpha value is -2.09. The van der Waals surface area contributed by atoms with Crippen LogP contribution in [0.5, 0.6) is 0 Å². The molecule has 1 aromatic heterocycles. The zero-order chi connectivity index (χ0) is 14.4. The standard InChI is InChI=1S/C11H17N3O5/c1-3-5-19-6-4-14-9(10(15)16)7(12)8(13-14)11(17)18-2/h3-6,12H2,1-2H3,(H,15,16). The van der Waals surface area contributed by atoms with Crippen molar-refractivity contribution in [3.05, 3.63) is 11.4 Å². The Labute approximate surface area is 110 Å². The fourth-order valence-electron chi connectivity index (χ4n) is 1.51. The van der Waals surface area contributed by atoms with Gasteiger partial charge in [-0.15, -0.1) is 0 Å². The molecule has 8 nitrogen and oxygen atoms in total. The van der Waals surface area contributed by atoms with Crippen LogP contribution in [0.15, 0.2) is 0 Å². The SMILES string of the molecule is CCCOCCn1nc(C(=O)OC)c(N)c1C(=O)O. The van der Waals surface area contributed by atoms with Gasteiger partial charge in [0.25, 0.3) is 0 Å². The average molecular weight is 271 g/mol. The second kappa shape index (κ2) is 6.74. The van der Waals surface area contributed by atoms with Crippen molar-refractivity contribution in [2.24, 2.45) is 0 Å². The van der Waals surface area contributed by atoms with Gasteiger partial charge in [-0.2, -0.15) is 5.10 Å². The summed E-state index contributed by atoms with van der Waals surface area (Å²) in [4.78, 5) is 22.5. The van der Waals surface area contributed by atoms with Crippen LogP contribution in [-0.2, 0) is 16.0 Å². The van der Waals surface area contributed by atoms with Crippen molar-refractivity contribution in [2.75, 3.05) is 26.1 Å². The van der Waals surface area contributed by atoms with E-state index in [-0.39, 0.29) is 30.2 Å². The molecular formula is C11H17N3O5. The Bertz CT molecular complexity index is 469. The molecule has 0 atom stereocenters. The third-order valence-corrected chi connectivity index (χ3v) is 2.37. The second-order valence-corrected chi connectivity index (χ2v) is 3.74. The molecule has 0 aliphatic heterocycles. The highest BCUT2D eigenvalue weighted by Gasteiger charge is 2.25. The number of aromatic carboxylic acids is 1. The summed E-state index contributed by atoms with van der Waals surface area (Å²) >= 11 is 0. The highest BCUT2D eigenvalue weighted by molar-refractivity contribution is 6.00. The van der Waals surface area contributed by atoms with E-state index in [0.717, 1.165) is 11.1 Å². The summed E-state index contributed by atoms with van der Waals surface area (Å²) in [5.41, 5.74) is 4.97. The predicted molar refractivity (Wildman–Crippen MR) is 66.0 cm³/mol. The molecule has 1 rings (SSSR count). The zero-order valence-electron chi connectivity index (χ0n) is 10.9. The Morgan fingerprint density at radius 2 is 2.11 bits per heavy atom. The maximum absolute atomic E-state index is 11.4. The van der Waals surface area contributed by atoms with Gasteiger partial charge in [-0.25, -0.2) is 9.59 Å². The Kier molecular flexibility index (Phi) is 5.31. The van der Waals surface area contributed by atoms with Crippen LogP contribution in [0.4, 0.5) is 5.69 Å². The second-order valence-electron chi connectivity index (χ2n) is 3.74. The maximum Gasteiger partial charge on any atom is 0.360 e. The lowest BCUT2D eigenvalue weighted by molar-refractivity contribution is 0.0591. The minimum Gasteiger partial charge on any atom is -0.476 e. The normalized spacial score (nSPS) is 10.4. The molecule has 0 spiro atoms. The van der Waals surface area contributed by atoms with Crippen LogP contribution in [0.3, 0.4) is 0 Å². The quantitative estimate of drug-likeness (QED) is 0.543. The summed E-state index contributed by atoms with van der Waals surface area (Å²) in [6.07, 6.45) is 0.862. The van der Waals surface area contributed by atoms with Crippen molar-refractivity contribution in [1.29, 1.82) is 0 Å². The number of carbonyl (C=O) groups excluding carboxylic acids is 1. The first-order chi connectivity index (χ1) is 9.02. The Morgan fingerprint density at radius 3 is 2.63 bits per heavy atom. The fraction of sp³-hybridized carbons (Fsp3) is 0.545. The molecule has 0 unspecified atom stereocenters. The smallest absolute Gasteiger partial charge is 0.360 e. The Morgan fingerprint density at radius 1 is 1.42 bits per heavy atom. The van der Waals surface area contributed by atoms with Crippen molar-refractivity contribution in [3.63, 3.8) is 0 Å². The lowest BCUT2D eigenvalue weighted by Gasteiger charge is -2.05. The molecule has 0 aliphatic rings. The monoisotopic (exact) mass is 271 g/mol.